The molecule has 1 aliphatic rings. The molecule has 0 bridgehead atoms. The molecule has 1 aromatic heterocycles. The second-order valence-electron chi connectivity index (χ2n) is 5.92. The number of benzene rings is 1. The highest BCUT2D eigenvalue weighted by Crippen LogP contribution is 2.38. The topological polar surface area (TPSA) is 61.9 Å². The van der Waals surface area contributed by atoms with Crippen molar-refractivity contribution >= 4 is 33.9 Å². The van der Waals surface area contributed by atoms with E-state index in [-0.39, 0.29) is 5.88 Å². The second kappa shape index (κ2) is 7.08. The summed E-state index contributed by atoms with van der Waals surface area (Å²) in [5, 5.41) is 23.3. The van der Waals surface area contributed by atoms with Gasteiger partial charge in [0.25, 0.3) is 0 Å². The largest absolute Gasteiger partial charge is 0.493 e. The molecule has 0 aliphatic heterocycles. The van der Waals surface area contributed by atoms with Gasteiger partial charge in [0.1, 0.15) is 0 Å². The van der Waals surface area contributed by atoms with Gasteiger partial charge in [-0.2, -0.15) is 0 Å². The summed E-state index contributed by atoms with van der Waals surface area (Å²) >= 11 is 5.28. The van der Waals surface area contributed by atoms with E-state index in [9.17, 15) is 5.11 Å². The van der Waals surface area contributed by atoms with E-state index in [4.69, 9.17) is 12.2 Å². The van der Waals surface area contributed by atoms with Crippen molar-refractivity contribution in [1.29, 1.82) is 0 Å². The minimum Gasteiger partial charge on any atom is -0.493 e. The Labute approximate surface area is 141 Å². The summed E-state index contributed by atoms with van der Waals surface area (Å²) in [6, 6.07) is 8.19. The highest BCUT2D eigenvalue weighted by molar-refractivity contribution is 7.80. The van der Waals surface area contributed by atoms with Gasteiger partial charge in [-0.25, -0.2) is 0 Å². The van der Waals surface area contributed by atoms with Crippen molar-refractivity contribution in [1.82, 2.24) is 9.88 Å². The standard InChI is InChI=1S/C17H22N4OS/c1-2-21-14-11-7-6-10-13(14)15(16(21)22)19-20-17(23)18-12-8-4-3-5-9-12/h6-7,10-12,22H,2-5,8-9H2,1H3,(H,18,23). The summed E-state index contributed by atoms with van der Waals surface area (Å²) in [7, 11) is 0. The van der Waals surface area contributed by atoms with Crippen molar-refractivity contribution in [3.8, 4) is 5.88 Å². The molecule has 5 nitrogen and oxygen atoms in total. The predicted molar refractivity (Wildman–Crippen MR) is 96.4 cm³/mol. The van der Waals surface area contributed by atoms with Crippen molar-refractivity contribution in [2.75, 3.05) is 0 Å². The van der Waals surface area contributed by atoms with Gasteiger partial charge in [-0.1, -0.05) is 37.5 Å². The summed E-state index contributed by atoms with van der Waals surface area (Å²) in [6.45, 7) is 2.66. The van der Waals surface area contributed by atoms with Crippen LogP contribution in [0.15, 0.2) is 34.5 Å². The number of thiocarbonyl (C=S) groups is 1. The molecule has 6 heteroatoms. The van der Waals surface area contributed by atoms with Crippen LogP contribution in [0.4, 0.5) is 5.69 Å². The maximum Gasteiger partial charge on any atom is 0.220 e. The van der Waals surface area contributed by atoms with Crippen LogP contribution < -0.4 is 5.32 Å². The van der Waals surface area contributed by atoms with Gasteiger partial charge in [-0.3, -0.25) is 0 Å². The van der Waals surface area contributed by atoms with E-state index in [0.717, 1.165) is 23.7 Å². The van der Waals surface area contributed by atoms with Crippen molar-refractivity contribution < 1.29 is 5.11 Å². The van der Waals surface area contributed by atoms with Gasteiger partial charge >= 0.3 is 0 Å². The van der Waals surface area contributed by atoms with Gasteiger partial charge in [0, 0.05) is 18.0 Å². The minimum absolute atomic E-state index is 0.137. The molecular formula is C17H22N4OS. The van der Waals surface area contributed by atoms with Crippen LogP contribution in [-0.4, -0.2) is 20.8 Å². The van der Waals surface area contributed by atoms with Crippen LogP contribution in [0.3, 0.4) is 0 Å². The van der Waals surface area contributed by atoms with E-state index >= 15 is 0 Å². The fourth-order valence-electron chi connectivity index (χ4n) is 3.24. The van der Waals surface area contributed by atoms with Crippen LogP contribution in [-0.2, 0) is 6.54 Å². The fraction of sp³-hybridized carbons (Fsp3) is 0.471. The summed E-state index contributed by atoms with van der Waals surface area (Å²) in [6.07, 6.45) is 6.05. The first kappa shape index (κ1) is 15.9. The lowest BCUT2D eigenvalue weighted by Crippen LogP contribution is -2.33. The number of aromatic hydroxyl groups is 1. The van der Waals surface area contributed by atoms with Gasteiger partial charge in [0.15, 0.2) is 5.69 Å². The van der Waals surface area contributed by atoms with Crippen molar-refractivity contribution in [3.63, 3.8) is 0 Å². The van der Waals surface area contributed by atoms with Gasteiger partial charge in [-0.05, 0) is 38.0 Å². The third kappa shape index (κ3) is 3.37. The number of nitrogens with zero attached hydrogens (tertiary/aromatic N) is 3. The smallest absolute Gasteiger partial charge is 0.220 e. The van der Waals surface area contributed by atoms with E-state index in [1.807, 2.05) is 35.8 Å². The summed E-state index contributed by atoms with van der Waals surface area (Å²) in [5.74, 6) is 0.137. The number of hydrogen-bond acceptors (Lipinski definition) is 3. The summed E-state index contributed by atoms with van der Waals surface area (Å²) < 4.78 is 1.82. The lowest BCUT2D eigenvalue weighted by molar-refractivity contribution is 0.414. The van der Waals surface area contributed by atoms with Crippen LogP contribution in [0, 0.1) is 0 Å². The number of aryl methyl sites for hydroxylation is 1. The van der Waals surface area contributed by atoms with Gasteiger partial charge < -0.3 is 15.0 Å². The highest BCUT2D eigenvalue weighted by Gasteiger charge is 2.16. The van der Waals surface area contributed by atoms with Crippen LogP contribution in [0.25, 0.3) is 10.9 Å². The fourth-order valence-corrected chi connectivity index (χ4v) is 3.44. The molecule has 0 unspecified atom stereocenters. The Hall–Kier alpha value is -1.95. The maximum atomic E-state index is 10.4. The first-order valence-electron chi connectivity index (χ1n) is 8.23. The minimum atomic E-state index is 0.137. The Morgan fingerprint density at radius 2 is 2.04 bits per heavy atom. The summed E-state index contributed by atoms with van der Waals surface area (Å²) in [4.78, 5) is 0. The monoisotopic (exact) mass is 330 g/mol. The third-order valence-corrected chi connectivity index (χ3v) is 4.61. The number of fused-ring (bicyclic) bond motifs is 1. The molecule has 2 aromatic rings. The predicted octanol–water partition coefficient (Wildman–Crippen LogP) is 4.66. The van der Waals surface area contributed by atoms with Crippen LogP contribution >= 0.6 is 12.2 Å². The van der Waals surface area contributed by atoms with Gasteiger partial charge in [0.05, 0.1) is 5.52 Å². The lowest BCUT2D eigenvalue weighted by atomic mass is 9.96. The molecule has 0 amide bonds. The number of para-hydroxylation sites is 1. The van der Waals surface area contributed by atoms with Crippen molar-refractivity contribution in [2.24, 2.45) is 10.2 Å². The zero-order chi connectivity index (χ0) is 16.2. The zero-order valence-corrected chi connectivity index (χ0v) is 14.1. The normalized spacial score (nSPS) is 16.2. The Bertz CT molecular complexity index is 732. The highest BCUT2D eigenvalue weighted by atomic mass is 32.1. The third-order valence-electron chi connectivity index (χ3n) is 4.41. The van der Waals surface area contributed by atoms with E-state index in [1.165, 1.54) is 19.3 Å². The first-order chi connectivity index (χ1) is 11.2. The SMILES string of the molecule is CCn1c(O)c(N=NC(=S)NC2CCCCC2)c2ccccc21. The number of aromatic nitrogens is 1. The molecule has 1 saturated carbocycles. The molecule has 1 aliphatic carbocycles. The molecule has 1 fully saturated rings. The number of hydrogen-bond donors (Lipinski definition) is 2. The van der Waals surface area contributed by atoms with E-state index in [1.54, 1.807) is 0 Å². The number of rotatable bonds is 3. The van der Waals surface area contributed by atoms with E-state index in [0.29, 0.717) is 23.4 Å². The van der Waals surface area contributed by atoms with E-state index in [2.05, 4.69) is 15.5 Å². The summed E-state index contributed by atoms with van der Waals surface area (Å²) in [5.41, 5.74) is 1.43. The van der Waals surface area contributed by atoms with Crippen LogP contribution in [0.5, 0.6) is 5.88 Å². The zero-order valence-electron chi connectivity index (χ0n) is 13.3. The molecule has 3 rings (SSSR count). The molecule has 0 saturated heterocycles. The van der Waals surface area contributed by atoms with Crippen LogP contribution in [0.1, 0.15) is 39.0 Å². The molecule has 122 valence electrons. The molecule has 0 radical (unpaired) electrons. The van der Waals surface area contributed by atoms with Crippen LogP contribution in [0.2, 0.25) is 0 Å². The average molecular weight is 330 g/mol. The molecule has 1 aromatic carbocycles. The number of azo groups is 1. The molecule has 0 atom stereocenters. The number of nitrogens with one attached hydrogen (secondary N) is 1. The quantitative estimate of drug-likeness (QED) is 0.635. The molecule has 23 heavy (non-hydrogen) atoms. The Kier molecular flexibility index (Phi) is 4.91. The van der Waals surface area contributed by atoms with E-state index < -0.39 is 0 Å². The average Bonchev–Trinajstić information content (AvgIpc) is 2.85. The molecule has 0 spiro atoms. The van der Waals surface area contributed by atoms with Crippen molar-refractivity contribution in [2.45, 2.75) is 51.6 Å². The first-order valence-corrected chi connectivity index (χ1v) is 8.64. The lowest BCUT2D eigenvalue weighted by Gasteiger charge is -2.22. The molecule has 2 N–H and O–H groups in total. The second-order valence-corrected chi connectivity index (χ2v) is 6.30. The Morgan fingerprint density at radius 1 is 1.30 bits per heavy atom. The molecule has 1 heterocycles. The van der Waals surface area contributed by atoms with Crippen molar-refractivity contribution in [3.05, 3.63) is 24.3 Å². The Morgan fingerprint density at radius 3 is 2.78 bits per heavy atom. The Balaban J connectivity index is 1.80. The van der Waals surface area contributed by atoms with Gasteiger partial charge in [-0.15, -0.1) is 10.2 Å². The van der Waals surface area contributed by atoms with Gasteiger partial charge in [0.2, 0.25) is 11.0 Å². The molecular weight excluding hydrogens is 308 g/mol. The maximum absolute atomic E-state index is 10.4.